The van der Waals surface area contributed by atoms with Crippen molar-refractivity contribution in [1.29, 1.82) is 0 Å². The van der Waals surface area contributed by atoms with Gasteiger partial charge in [0.1, 0.15) is 5.75 Å². The molecule has 0 radical (unpaired) electrons. The van der Waals surface area contributed by atoms with Crippen LogP contribution in [0.5, 0.6) is 5.75 Å². The van der Waals surface area contributed by atoms with Gasteiger partial charge in [0.15, 0.2) is 0 Å². The largest absolute Gasteiger partial charge is 0.492 e. The summed E-state index contributed by atoms with van der Waals surface area (Å²) in [5.41, 5.74) is 6.41. The Morgan fingerprint density at radius 2 is 1.15 bits per heavy atom. The molecular weight excluding hydrogens is 402 g/mol. The Hall–Kier alpha value is -2.61. The number of aryl methyl sites for hydroxylation is 3. The van der Waals surface area contributed by atoms with Crippen LogP contribution >= 0.6 is 0 Å². The normalized spacial score (nSPS) is 11.0. The smallest absolute Gasteiger partial charge is 0.137 e. The van der Waals surface area contributed by atoms with Crippen molar-refractivity contribution < 1.29 is 4.74 Å². The van der Waals surface area contributed by atoms with Crippen LogP contribution in [0, 0.1) is 0 Å². The molecule has 0 aliphatic rings. The van der Waals surface area contributed by atoms with Gasteiger partial charge in [-0.05, 0) is 60.9 Å². The highest BCUT2D eigenvalue weighted by Crippen LogP contribution is 2.21. The lowest BCUT2D eigenvalue weighted by Gasteiger charge is -2.08. The lowest BCUT2D eigenvalue weighted by molar-refractivity contribution is 0.304. The number of hydrogen-bond donors (Lipinski definition) is 0. The van der Waals surface area contributed by atoms with E-state index in [1.807, 2.05) is 12.3 Å². The summed E-state index contributed by atoms with van der Waals surface area (Å²) < 4.78 is 5.81. The first-order valence-corrected chi connectivity index (χ1v) is 13.0. The molecule has 33 heavy (non-hydrogen) atoms. The number of nitrogens with zero attached hydrogens (tertiary/aromatic N) is 1. The molecule has 0 bridgehead atoms. The van der Waals surface area contributed by atoms with Gasteiger partial charge in [-0.25, -0.2) is 0 Å². The van der Waals surface area contributed by atoms with E-state index in [9.17, 15) is 0 Å². The number of pyridine rings is 1. The Morgan fingerprint density at radius 3 is 1.73 bits per heavy atom. The predicted octanol–water partition coefficient (Wildman–Crippen LogP) is 8.62. The van der Waals surface area contributed by atoms with Crippen molar-refractivity contribution >= 4 is 0 Å². The van der Waals surface area contributed by atoms with Crippen LogP contribution in [0.15, 0.2) is 66.9 Å². The van der Waals surface area contributed by atoms with Gasteiger partial charge >= 0.3 is 0 Å². The minimum atomic E-state index is 0.775. The molecule has 1 aromatic heterocycles. The Morgan fingerprint density at radius 1 is 0.576 bits per heavy atom. The second kappa shape index (κ2) is 14.5. The molecule has 2 aromatic carbocycles. The fraction of sp³-hybridized carbons (Fsp3) is 0.452. The molecule has 2 heteroatoms. The van der Waals surface area contributed by atoms with Crippen molar-refractivity contribution in [2.75, 3.05) is 6.61 Å². The van der Waals surface area contributed by atoms with Crippen LogP contribution in [0.4, 0.5) is 0 Å². The minimum Gasteiger partial charge on any atom is -0.492 e. The van der Waals surface area contributed by atoms with Crippen LogP contribution < -0.4 is 4.74 Å². The number of hydrogen-bond acceptors (Lipinski definition) is 2. The van der Waals surface area contributed by atoms with E-state index in [1.54, 1.807) is 0 Å². The molecule has 0 aliphatic carbocycles. The monoisotopic (exact) mass is 443 g/mol. The van der Waals surface area contributed by atoms with E-state index in [0.29, 0.717) is 0 Å². The van der Waals surface area contributed by atoms with Gasteiger partial charge in [0.2, 0.25) is 0 Å². The summed E-state index contributed by atoms with van der Waals surface area (Å²) in [5, 5.41) is 0. The zero-order valence-electron chi connectivity index (χ0n) is 20.7. The Labute approximate surface area is 201 Å². The molecule has 0 saturated heterocycles. The average molecular weight is 444 g/mol. The van der Waals surface area contributed by atoms with E-state index in [0.717, 1.165) is 42.9 Å². The highest BCUT2D eigenvalue weighted by molar-refractivity contribution is 5.59. The van der Waals surface area contributed by atoms with Gasteiger partial charge < -0.3 is 4.74 Å². The number of benzene rings is 2. The third-order valence-corrected chi connectivity index (χ3v) is 6.30. The number of ether oxygens (including phenoxy) is 1. The summed E-state index contributed by atoms with van der Waals surface area (Å²) in [7, 11) is 0. The molecule has 0 aliphatic heterocycles. The lowest BCUT2D eigenvalue weighted by Crippen LogP contribution is -1.98. The Balaban J connectivity index is 1.43. The summed E-state index contributed by atoms with van der Waals surface area (Å²) in [5.74, 6) is 0.860. The van der Waals surface area contributed by atoms with Crippen molar-refractivity contribution in [3.8, 4) is 17.0 Å². The molecule has 0 saturated carbocycles. The van der Waals surface area contributed by atoms with Gasteiger partial charge in [-0.1, -0.05) is 101 Å². The Bertz CT molecular complexity index is 897. The average Bonchev–Trinajstić information content (AvgIpc) is 2.87. The summed E-state index contributed by atoms with van der Waals surface area (Å²) in [4.78, 5) is 4.60. The quantitative estimate of drug-likeness (QED) is 0.219. The topological polar surface area (TPSA) is 22.1 Å². The molecule has 3 aromatic rings. The standard InChI is InChI=1S/C31H41NO/c1-3-5-7-9-11-26-12-14-27(15-13-26)16-17-28-18-20-29(21-19-28)31-23-22-30(25-32-31)33-24-10-8-6-4-2/h12-15,18-23,25H,3-11,16-17,24H2,1-2H3. The summed E-state index contributed by atoms with van der Waals surface area (Å²) >= 11 is 0. The zero-order valence-corrected chi connectivity index (χ0v) is 20.7. The highest BCUT2D eigenvalue weighted by atomic mass is 16.5. The van der Waals surface area contributed by atoms with Crippen LogP contribution in [0.25, 0.3) is 11.3 Å². The van der Waals surface area contributed by atoms with Crippen molar-refractivity contribution in [2.45, 2.75) is 84.5 Å². The van der Waals surface area contributed by atoms with E-state index in [2.05, 4.69) is 73.4 Å². The van der Waals surface area contributed by atoms with Crippen LogP contribution in [0.2, 0.25) is 0 Å². The molecule has 3 rings (SSSR count). The summed E-state index contributed by atoms with van der Waals surface area (Å²) in [6.07, 6.45) is 15.4. The third-order valence-electron chi connectivity index (χ3n) is 6.30. The maximum Gasteiger partial charge on any atom is 0.137 e. The maximum absolute atomic E-state index is 5.81. The second-order valence-corrected chi connectivity index (χ2v) is 9.11. The summed E-state index contributed by atoms with van der Waals surface area (Å²) in [6.45, 7) is 5.27. The first kappa shape index (κ1) is 25.0. The van der Waals surface area contributed by atoms with Gasteiger partial charge in [-0.3, -0.25) is 4.98 Å². The number of unbranched alkanes of at least 4 members (excludes halogenated alkanes) is 6. The Kier molecular flexibility index (Phi) is 11.0. The molecule has 0 N–H and O–H groups in total. The van der Waals surface area contributed by atoms with Gasteiger partial charge in [-0.15, -0.1) is 0 Å². The molecular formula is C31H41NO. The van der Waals surface area contributed by atoms with Crippen molar-refractivity contribution in [1.82, 2.24) is 4.98 Å². The van der Waals surface area contributed by atoms with Gasteiger partial charge in [0.05, 0.1) is 18.5 Å². The van der Waals surface area contributed by atoms with E-state index in [4.69, 9.17) is 4.74 Å². The van der Waals surface area contributed by atoms with Crippen LogP contribution in [-0.2, 0) is 19.3 Å². The molecule has 0 amide bonds. The van der Waals surface area contributed by atoms with Gasteiger partial charge in [0.25, 0.3) is 0 Å². The summed E-state index contributed by atoms with van der Waals surface area (Å²) in [6, 6.07) is 22.2. The third kappa shape index (κ3) is 9.04. The molecule has 0 fully saturated rings. The predicted molar refractivity (Wildman–Crippen MR) is 141 cm³/mol. The van der Waals surface area contributed by atoms with Crippen molar-refractivity contribution in [3.05, 3.63) is 83.6 Å². The first-order valence-electron chi connectivity index (χ1n) is 13.0. The molecule has 1 heterocycles. The first-order chi connectivity index (χ1) is 16.3. The minimum absolute atomic E-state index is 0.775. The van der Waals surface area contributed by atoms with E-state index < -0.39 is 0 Å². The van der Waals surface area contributed by atoms with Gasteiger partial charge in [0, 0.05) is 5.56 Å². The SMILES string of the molecule is CCCCCCOc1ccc(-c2ccc(CCc3ccc(CCCCCC)cc3)cc2)nc1. The second-order valence-electron chi connectivity index (χ2n) is 9.11. The van der Waals surface area contributed by atoms with Crippen LogP contribution in [0.3, 0.4) is 0 Å². The maximum atomic E-state index is 5.81. The lowest BCUT2D eigenvalue weighted by atomic mass is 10.00. The van der Waals surface area contributed by atoms with Crippen LogP contribution in [0.1, 0.15) is 81.9 Å². The van der Waals surface area contributed by atoms with E-state index in [-0.39, 0.29) is 0 Å². The zero-order chi connectivity index (χ0) is 23.1. The van der Waals surface area contributed by atoms with Crippen LogP contribution in [-0.4, -0.2) is 11.6 Å². The number of rotatable bonds is 15. The number of aromatic nitrogens is 1. The molecule has 0 spiro atoms. The molecule has 0 unspecified atom stereocenters. The van der Waals surface area contributed by atoms with Crippen molar-refractivity contribution in [3.63, 3.8) is 0 Å². The van der Waals surface area contributed by atoms with E-state index in [1.165, 1.54) is 68.1 Å². The fourth-order valence-electron chi connectivity index (χ4n) is 4.11. The fourth-order valence-corrected chi connectivity index (χ4v) is 4.11. The molecule has 176 valence electrons. The highest BCUT2D eigenvalue weighted by Gasteiger charge is 2.03. The molecule has 2 nitrogen and oxygen atoms in total. The molecule has 0 atom stereocenters. The van der Waals surface area contributed by atoms with E-state index >= 15 is 0 Å². The van der Waals surface area contributed by atoms with Crippen molar-refractivity contribution in [2.24, 2.45) is 0 Å². The van der Waals surface area contributed by atoms with Gasteiger partial charge in [-0.2, -0.15) is 0 Å².